The van der Waals surface area contributed by atoms with Crippen molar-refractivity contribution in [1.29, 1.82) is 0 Å². The van der Waals surface area contributed by atoms with Gasteiger partial charge in [-0.1, -0.05) is 23.2 Å². The Morgan fingerprint density at radius 1 is 1.26 bits per heavy atom. The highest BCUT2D eigenvalue weighted by atomic mass is 35.5. The van der Waals surface area contributed by atoms with Crippen molar-refractivity contribution in [1.82, 2.24) is 14.8 Å². The van der Waals surface area contributed by atoms with Crippen LogP contribution in [0.15, 0.2) is 49.1 Å². The summed E-state index contributed by atoms with van der Waals surface area (Å²) in [4.78, 5) is 26.2. The fourth-order valence-corrected chi connectivity index (χ4v) is 2.59. The summed E-state index contributed by atoms with van der Waals surface area (Å²) >= 11 is 11.9. The van der Waals surface area contributed by atoms with Crippen molar-refractivity contribution >= 4 is 40.5 Å². The third-order valence-corrected chi connectivity index (χ3v) is 3.91. The molecule has 1 aromatic heterocycles. The first-order valence-corrected chi connectivity index (χ1v) is 8.21. The monoisotopic (exact) mass is 407 g/mol. The summed E-state index contributed by atoms with van der Waals surface area (Å²) in [6, 6.07) is 8.61. The Hall–Kier alpha value is -3.17. The van der Waals surface area contributed by atoms with Crippen molar-refractivity contribution in [2.45, 2.75) is 0 Å². The summed E-state index contributed by atoms with van der Waals surface area (Å²) in [5.41, 5.74) is 0.809. The van der Waals surface area contributed by atoms with Crippen molar-refractivity contribution in [3.05, 3.63) is 69.2 Å². The van der Waals surface area contributed by atoms with E-state index in [9.17, 15) is 14.9 Å². The summed E-state index contributed by atoms with van der Waals surface area (Å²) in [6.45, 7) is -0.360. The molecule has 0 bridgehead atoms. The third-order valence-electron chi connectivity index (χ3n) is 3.38. The second-order valence-electron chi connectivity index (χ2n) is 5.21. The van der Waals surface area contributed by atoms with E-state index in [2.05, 4.69) is 15.4 Å². The zero-order chi connectivity index (χ0) is 19.4. The molecule has 27 heavy (non-hydrogen) atoms. The van der Waals surface area contributed by atoms with Crippen LogP contribution in [0, 0.1) is 10.1 Å². The van der Waals surface area contributed by atoms with Crippen LogP contribution in [0.3, 0.4) is 0 Å². The standard InChI is InChI=1S/C16H11Cl2N5O4/c17-10-1-3-14(22-9-19-8-20-22)13(5-10)21-16(24)7-27-15-4-2-11(23(25)26)6-12(15)18/h1-6,8-9H,7H2,(H,21,24). The van der Waals surface area contributed by atoms with Crippen LogP contribution in [0.25, 0.3) is 5.69 Å². The zero-order valence-corrected chi connectivity index (χ0v) is 15.0. The number of nitrogens with zero attached hydrogens (tertiary/aromatic N) is 4. The first-order chi connectivity index (χ1) is 12.9. The Morgan fingerprint density at radius 3 is 2.74 bits per heavy atom. The molecular formula is C16H11Cl2N5O4. The van der Waals surface area contributed by atoms with E-state index in [0.717, 1.165) is 6.07 Å². The minimum Gasteiger partial charge on any atom is -0.482 e. The van der Waals surface area contributed by atoms with Crippen molar-refractivity contribution in [2.24, 2.45) is 0 Å². The maximum Gasteiger partial charge on any atom is 0.271 e. The maximum absolute atomic E-state index is 12.2. The van der Waals surface area contributed by atoms with Crippen molar-refractivity contribution in [2.75, 3.05) is 11.9 Å². The highest BCUT2D eigenvalue weighted by Gasteiger charge is 2.13. The minimum atomic E-state index is -0.576. The number of carbonyl (C=O) groups is 1. The Morgan fingerprint density at radius 2 is 2.07 bits per heavy atom. The zero-order valence-electron chi connectivity index (χ0n) is 13.5. The molecule has 0 fully saturated rings. The number of hydrogen-bond acceptors (Lipinski definition) is 6. The topological polar surface area (TPSA) is 112 Å². The number of non-ortho nitro benzene ring substituents is 1. The van der Waals surface area contributed by atoms with Gasteiger partial charge in [-0.15, -0.1) is 0 Å². The molecule has 0 radical (unpaired) electrons. The van der Waals surface area contributed by atoms with Gasteiger partial charge in [-0.05, 0) is 24.3 Å². The number of nitro groups is 1. The molecule has 1 N–H and O–H groups in total. The average Bonchev–Trinajstić information content (AvgIpc) is 3.15. The highest BCUT2D eigenvalue weighted by molar-refractivity contribution is 6.32. The largest absolute Gasteiger partial charge is 0.482 e. The first-order valence-electron chi connectivity index (χ1n) is 7.45. The molecule has 2 aromatic carbocycles. The molecule has 0 saturated carbocycles. The van der Waals surface area contributed by atoms with E-state index in [1.165, 1.54) is 29.5 Å². The molecule has 0 atom stereocenters. The molecule has 0 unspecified atom stereocenters. The SMILES string of the molecule is O=C(COc1ccc([N+](=O)[O-])cc1Cl)Nc1cc(Cl)ccc1-n1cncn1. The number of hydrogen-bond donors (Lipinski definition) is 1. The molecule has 0 aliphatic carbocycles. The van der Waals surface area contributed by atoms with E-state index < -0.39 is 10.8 Å². The number of nitro benzene ring substituents is 1. The number of rotatable bonds is 6. The lowest BCUT2D eigenvalue weighted by molar-refractivity contribution is -0.384. The second-order valence-corrected chi connectivity index (χ2v) is 6.05. The summed E-state index contributed by atoms with van der Waals surface area (Å²) in [7, 11) is 0. The number of amides is 1. The summed E-state index contributed by atoms with van der Waals surface area (Å²) < 4.78 is 6.80. The predicted molar refractivity (Wildman–Crippen MR) is 98.6 cm³/mol. The van der Waals surface area contributed by atoms with Crippen molar-refractivity contribution in [3.8, 4) is 11.4 Å². The number of halogens is 2. The number of aromatic nitrogens is 3. The predicted octanol–water partition coefficient (Wildman–Crippen LogP) is 3.50. The third kappa shape index (κ3) is 4.52. The van der Waals surface area contributed by atoms with E-state index in [4.69, 9.17) is 27.9 Å². The fourth-order valence-electron chi connectivity index (χ4n) is 2.19. The quantitative estimate of drug-likeness (QED) is 0.494. The summed E-state index contributed by atoms with van der Waals surface area (Å²) in [5.74, 6) is -0.326. The van der Waals surface area contributed by atoms with Gasteiger partial charge in [-0.2, -0.15) is 5.10 Å². The van der Waals surface area contributed by atoms with Crippen LogP contribution in [-0.4, -0.2) is 32.2 Å². The summed E-state index contributed by atoms with van der Waals surface area (Å²) in [5, 5.41) is 17.9. The van der Waals surface area contributed by atoms with Crippen LogP contribution in [0.5, 0.6) is 5.75 Å². The van der Waals surface area contributed by atoms with Gasteiger partial charge in [0.15, 0.2) is 6.61 Å². The Bertz CT molecular complexity index is 994. The smallest absolute Gasteiger partial charge is 0.271 e. The van der Waals surface area contributed by atoms with E-state index in [-0.39, 0.29) is 23.1 Å². The van der Waals surface area contributed by atoms with Gasteiger partial charge >= 0.3 is 0 Å². The van der Waals surface area contributed by atoms with E-state index in [1.807, 2.05) is 0 Å². The maximum atomic E-state index is 12.2. The van der Waals surface area contributed by atoms with Crippen LogP contribution in [0.4, 0.5) is 11.4 Å². The van der Waals surface area contributed by atoms with Crippen LogP contribution in [0.1, 0.15) is 0 Å². The average molecular weight is 408 g/mol. The first kappa shape index (κ1) is 18.6. The molecule has 1 amide bonds. The Balaban J connectivity index is 1.70. The molecule has 0 saturated heterocycles. The molecule has 3 aromatic rings. The van der Waals surface area contributed by atoms with E-state index >= 15 is 0 Å². The molecule has 138 valence electrons. The van der Waals surface area contributed by atoms with Crippen LogP contribution in [0.2, 0.25) is 10.0 Å². The summed E-state index contributed by atoms with van der Waals surface area (Å²) in [6.07, 6.45) is 2.84. The molecule has 0 aliphatic rings. The van der Waals surface area contributed by atoms with Crippen molar-refractivity contribution < 1.29 is 14.5 Å². The van der Waals surface area contributed by atoms with Crippen LogP contribution >= 0.6 is 23.2 Å². The van der Waals surface area contributed by atoms with Gasteiger partial charge in [0, 0.05) is 17.2 Å². The lowest BCUT2D eigenvalue weighted by Gasteiger charge is -2.12. The molecule has 3 rings (SSSR count). The van der Waals surface area contributed by atoms with E-state index in [0.29, 0.717) is 16.4 Å². The number of ether oxygens (including phenoxy) is 1. The fraction of sp³-hybridized carbons (Fsp3) is 0.0625. The molecular weight excluding hydrogens is 397 g/mol. The van der Waals surface area contributed by atoms with E-state index in [1.54, 1.807) is 18.2 Å². The molecule has 1 heterocycles. The highest BCUT2D eigenvalue weighted by Crippen LogP contribution is 2.29. The minimum absolute atomic E-state index is 0.0306. The van der Waals surface area contributed by atoms with Gasteiger partial charge in [-0.3, -0.25) is 14.9 Å². The molecule has 0 spiro atoms. The normalized spacial score (nSPS) is 10.4. The van der Waals surface area contributed by atoms with Crippen LogP contribution in [-0.2, 0) is 4.79 Å². The van der Waals surface area contributed by atoms with Gasteiger partial charge in [0.25, 0.3) is 11.6 Å². The van der Waals surface area contributed by atoms with Gasteiger partial charge in [0.05, 0.1) is 21.3 Å². The lowest BCUT2D eigenvalue weighted by atomic mass is 10.2. The van der Waals surface area contributed by atoms with Gasteiger partial charge in [0.2, 0.25) is 0 Å². The lowest BCUT2D eigenvalue weighted by Crippen LogP contribution is -2.21. The Labute approximate surface area is 162 Å². The number of benzene rings is 2. The number of carbonyl (C=O) groups excluding carboxylic acids is 1. The second kappa shape index (κ2) is 8.02. The number of nitrogens with one attached hydrogen (secondary N) is 1. The van der Waals surface area contributed by atoms with Gasteiger partial charge in [-0.25, -0.2) is 9.67 Å². The molecule has 11 heteroatoms. The van der Waals surface area contributed by atoms with Gasteiger partial charge in [0.1, 0.15) is 18.4 Å². The van der Waals surface area contributed by atoms with Crippen molar-refractivity contribution in [3.63, 3.8) is 0 Å². The molecule has 9 nitrogen and oxygen atoms in total. The number of anilines is 1. The van der Waals surface area contributed by atoms with Crippen LogP contribution < -0.4 is 10.1 Å². The van der Waals surface area contributed by atoms with Gasteiger partial charge < -0.3 is 10.1 Å². The molecule has 0 aliphatic heterocycles. The Kier molecular flexibility index (Phi) is 5.53.